The van der Waals surface area contributed by atoms with E-state index >= 15 is 0 Å². The third-order valence-electron chi connectivity index (χ3n) is 4.04. The fraction of sp³-hybridized carbons (Fsp3) is 0.222. The second-order valence-electron chi connectivity index (χ2n) is 5.93. The molecule has 1 aliphatic rings. The third-order valence-corrected chi connectivity index (χ3v) is 7.01. The first-order valence-corrected chi connectivity index (χ1v) is 10.8. The van der Waals surface area contributed by atoms with Gasteiger partial charge in [-0.2, -0.15) is 0 Å². The van der Waals surface area contributed by atoms with Gasteiger partial charge in [-0.3, -0.25) is 14.9 Å². The van der Waals surface area contributed by atoms with E-state index in [4.69, 9.17) is 11.6 Å². The first kappa shape index (κ1) is 18.9. The molecule has 1 aliphatic heterocycles. The standard InChI is InChI=1S/C18H16ClNO4S2/c19-14-5-1-12(2-6-14)9-10-26(23,24)15-7-3-13(4-8-15)11-16-17(21)20-18(22)25-16/h1-8,16H,9-11H2,(H,20,21,22). The Bertz CT molecular complexity index is 925. The molecule has 0 spiro atoms. The van der Waals surface area contributed by atoms with Crippen molar-refractivity contribution in [3.05, 3.63) is 64.7 Å². The van der Waals surface area contributed by atoms with Crippen molar-refractivity contribution < 1.29 is 18.0 Å². The molecule has 1 heterocycles. The summed E-state index contributed by atoms with van der Waals surface area (Å²) in [6.07, 6.45) is 0.787. The van der Waals surface area contributed by atoms with Crippen LogP contribution >= 0.6 is 23.4 Å². The molecular weight excluding hydrogens is 394 g/mol. The van der Waals surface area contributed by atoms with Crippen LogP contribution in [0.4, 0.5) is 4.79 Å². The van der Waals surface area contributed by atoms with E-state index in [0.717, 1.165) is 22.9 Å². The smallest absolute Gasteiger partial charge is 0.286 e. The second-order valence-corrected chi connectivity index (χ2v) is 9.65. The number of aryl methyl sites for hydroxylation is 1. The van der Waals surface area contributed by atoms with Crippen molar-refractivity contribution in [3.8, 4) is 0 Å². The Morgan fingerprint density at radius 3 is 2.15 bits per heavy atom. The lowest BCUT2D eigenvalue weighted by atomic mass is 10.1. The number of sulfone groups is 1. The molecule has 0 aliphatic carbocycles. The zero-order chi connectivity index (χ0) is 18.7. The number of carbonyl (C=O) groups excluding carboxylic acids is 2. The molecule has 0 bridgehead atoms. The van der Waals surface area contributed by atoms with Gasteiger partial charge in [0.15, 0.2) is 9.84 Å². The van der Waals surface area contributed by atoms with Gasteiger partial charge >= 0.3 is 0 Å². The highest BCUT2D eigenvalue weighted by atomic mass is 35.5. The van der Waals surface area contributed by atoms with E-state index in [1.54, 1.807) is 36.4 Å². The maximum atomic E-state index is 12.5. The second kappa shape index (κ2) is 7.82. The summed E-state index contributed by atoms with van der Waals surface area (Å²) in [5.41, 5.74) is 1.72. The molecule has 136 valence electrons. The maximum Gasteiger partial charge on any atom is 0.286 e. The molecule has 2 aromatic carbocycles. The van der Waals surface area contributed by atoms with Crippen LogP contribution in [0.1, 0.15) is 11.1 Å². The van der Waals surface area contributed by atoms with Crippen molar-refractivity contribution in [1.82, 2.24) is 5.32 Å². The minimum atomic E-state index is -3.40. The summed E-state index contributed by atoms with van der Waals surface area (Å²) in [6.45, 7) is 0. The quantitative estimate of drug-likeness (QED) is 0.792. The Kier molecular flexibility index (Phi) is 5.70. The maximum absolute atomic E-state index is 12.5. The van der Waals surface area contributed by atoms with Gasteiger partial charge < -0.3 is 0 Å². The van der Waals surface area contributed by atoms with Gasteiger partial charge in [-0.05, 0) is 48.2 Å². The van der Waals surface area contributed by atoms with Gasteiger partial charge in [0.1, 0.15) is 0 Å². The number of nitrogens with one attached hydrogen (secondary N) is 1. The minimum Gasteiger partial charge on any atom is -0.286 e. The number of benzene rings is 2. The van der Waals surface area contributed by atoms with Gasteiger partial charge in [0.05, 0.1) is 15.9 Å². The summed E-state index contributed by atoms with van der Waals surface area (Å²) < 4.78 is 25.0. The SMILES string of the molecule is O=C1NC(=O)C(Cc2ccc(S(=O)(=O)CCc3ccc(Cl)cc3)cc2)S1. The lowest BCUT2D eigenvalue weighted by Gasteiger charge is -2.08. The molecule has 26 heavy (non-hydrogen) atoms. The van der Waals surface area contributed by atoms with Gasteiger partial charge in [-0.15, -0.1) is 0 Å². The van der Waals surface area contributed by atoms with E-state index in [0.29, 0.717) is 17.9 Å². The molecule has 0 radical (unpaired) electrons. The molecule has 1 atom stereocenters. The Morgan fingerprint density at radius 1 is 0.962 bits per heavy atom. The Morgan fingerprint density at radius 2 is 1.58 bits per heavy atom. The zero-order valence-corrected chi connectivity index (χ0v) is 16.0. The highest BCUT2D eigenvalue weighted by Crippen LogP contribution is 2.24. The molecule has 1 N–H and O–H groups in total. The number of hydrogen-bond acceptors (Lipinski definition) is 5. The van der Waals surface area contributed by atoms with Crippen LogP contribution in [0.5, 0.6) is 0 Å². The summed E-state index contributed by atoms with van der Waals surface area (Å²) in [7, 11) is -3.40. The van der Waals surface area contributed by atoms with Gasteiger partial charge in [-0.1, -0.05) is 47.6 Å². The predicted octanol–water partition coefficient (Wildman–Crippen LogP) is 3.25. The first-order chi connectivity index (χ1) is 12.3. The molecule has 5 nitrogen and oxygen atoms in total. The van der Waals surface area contributed by atoms with Crippen molar-refractivity contribution in [2.75, 3.05) is 5.75 Å². The highest BCUT2D eigenvalue weighted by molar-refractivity contribution is 8.15. The molecular formula is C18H16ClNO4S2. The Hall–Kier alpha value is -1.83. The number of hydrogen-bond donors (Lipinski definition) is 1. The highest BCUT2D eigenvalue weighted by Gasteiger charge is 2.31. The normalized spacial score (nSPS) is 17.3. The van der Waals surface area contributed by atoms with Crippen LogP contribution in [0.2, 0.25) is 5.02 Å². The molecule has 0 aromatic heterocycles. The van der Waals surface area contributed by atoms with Crippen LogP contribution in [0.25, 0.3) is 0 Å². The molecule has 1 fully saturated rings. The minimum absolute atomic E-state index is 0.00334. The number of halogens is 1. The summed E-state index contributed by atoms with van der Waals surface area (Å²) in [4.78, 5) is 23.0. The van der Waals surface area contributed by atoms with Crippen LogP contribution in [-0.2, 0) is 27.5 Å². The molecule has 8 heteroatoms. The van der Waals surface area contributed by atoms with E-state index < -0.39 is 15.1 Å². The van der Waals surface area contributed by atoms with Crippen LogP contribution < -0.4 is 5.32 Å². The number of carbonyl (C=O) groups is 2. The summed E-state index contributed by atoms with van der Waals surface area (Å²) >= 11 is 6.78. The summed E-state index contributed by atoms with van der Waals surface area (Å²) in [6, 6.07) is 13.6. The Labute approximate surface area is 161 Å². The monoisotopic (exact) mass is 409 g/mol. The van der Waals surface area contributed by atoms with Crippen molar-refractivity contribution in [2.24, 2.45) is 0 Å². The summed E-state index contributed by atoms with van der Waals surface area (Å²) in [5, 5.41) is 2.04. The van der Waals surface area contributed by atoms with E-state index in [9.17, 15) is 18.0 Å². The fourth-order valence-electron chi connectivity index (χ4n) is 2.60. The largest absolute Gasteiger partial charge is 0.286 e. The van der Waals surface area contributed by atoms with Gasteiger partial charge in [0, 0.05) is 5.02 Å². The number of imide groups is 1. The van der Waals surface area contributed by atoms with E-state index in [2.05, 4.69) is 5.32 Å². The predicted molar refractivity (Wildman–Crippen MR) is 102 cm³/mol. The summed E-state index contributed by atoms with van der Waals surface area (Å²) in [5.74, 6) is -0.303. The lowest BCUT2D eigenvalue weighted by Crippen LogP contribution is -2.25. The van der Waals surface area contributed by atoms with Crippen molar-refractivity contribution in [2.45, 2.75) is 23.0 Å². The van der Waals surface area contributed by atoms with E-state index in [-0.39, 0.29) is 21.8 Å². The number of rotatable bonds is 6. The van der Waals surface area contributed by atoms with Crippen LogP contribution in [0, 0.1) is 0 Å². The van der Waals surface area contributed by atoms with Crippen LogP contribution in [0.15, 0.2) is 53.4 Å². The average molecular weight is 410 g/mol. The zero-order valence-electron chi connectivity index (χ0n) is 13.6. The lowest BCUT2D eigenvalue weighted by molar-refractivity contribution is -0.118. The molecule has 2 aromatic rings. The van der Waals surface area contributed by atoms with Crippen LogP contribution in [-0.4, -0.2) is 30.6 Å². The number of thioether (sulfide) groups is 1. The van der Waals surface area contributed by atoms with E-state index in [1.807, 2.05) is 12.1 Å². The molecule has 1 saturated heterocycles. The van der Waals surface area contributed by atoms with Gasteiger partial charge in [-0.25, -0.2) is 8.42 Å². The molecule has 0 saturated carbocycles. The average Bonchev–Trinajstić information content (AvgIpc) is 2.92. The third kappa shape index (κ3) is 4.66. The van der Waals surface area contributed by atoms with Crippen molar-refractivity contribution in [1.29, 1.82) is 0 Å². The number of amides is 2. The van der Waals surface area contributed by atoms with Crippen molar-refractivity contribution >= 4 is 44.3 Å². The Balaban J connectivity index is 1.64. The molecule has 3 rings (SSSR count). The van der Waals surface area contributed by atoms with Crippen molar-refractivity contribution in [3.63, 3.8) is 0 Å². The van der Waals surface area contributed by atoms with Gasteiger partial charge in [0.2, 0.25) is 5.91 Å². The topological polar surface area (TPSA) is 80.3 Å². The fourth-order valence-corrected chi connectivity index (χ4v) is 4.87. The molecule has 2 amide bonds. The molecule has 1 unspecified atom stereocenters. The van der Waals surface area contributed by atoms with Gasteiger partial charge in [0.25, 0.3) is 5.24 Å². The van der Waals surface area contributed by atoms with E-state index in [1.165, 1.54) is 0 Å². The first-order valence-electron chi connectivity index (χ1n) is 7.91. The van der Waals surface area contributed by atoms with Crippen LogP contribution in [0.3, 0.4) is 0 Å².